The van der Waals surface area contributed by atoms with Crippen LogP contribution in [0.4, 0.5) is 4.79 Å². The number of aliphatic imine (C=N–C) groups is 1. The van der Waals surface area contributed by atoms with Gasteiger partial charge in [0.1, 0.15) is 5.84 Å². The first-order valence-electron chi connectivity index (χ1n) is 2.85. The highest BCUT2D eigenvalue weighted by Gasteiger charge is 2.10. The third-order valence-corrected chi connectivity index (χ3v) is 1.33. The summed E-state index contributed by atoms with van der Waals surface area (Å²) in [7, 11) is 2.98. The molecule has 0 bridgehead atoms. The van der Waals surface area contributed by atoms with Gasteiger partial charge in [-0.2, -0.15) is 0 Å². The number of hydrogen-bond donors (Lipinski definition) is 2. The minimum absolute atomic E-state index is 0.229. The topological polar surface area (TPSA) is 53.5 Å². The van der Waals surface area contributed by atoms with Crippen molar-refractivity contribution in [2.75, 3.05) is 14.1 Å². The smallest absolute Gasteiger partial charge is 0.319 e. The van der Waals surface area contributed by atoms with Gasteiger partial charge in [-0.15, -0.1) is 0 Å². The number of amidine groups is 1. The van der Waals surface area contributed by atoms with Gasteiger partial charge in [0.2, 0.25) is 0 Å². The lowest BCUT2D eigenvalue weighted by molar-refractivity contribution is 0.247. The van der Waals surface area contributed by atoms with Gasteiger partial charge in [0.05, 0.1) is 0 Å². The van der Waals surface area contributed by atoms with E-state index < -0.39 is 10.9 Å². The molecule has 6 heteroatoms. The number of rotatable bonds is 1. The lowest BCUT2D eigenvalue weighted by atomic mass is 10.6. The summed E-state index contributed by atoms with van der Waals surface area (Å²) in [6.45, 7) is 0. The van der Waals surface area contributed by atoms with Crippen molar-refractivity contribution in [3.8, 4) is 0 Å². The predicted octanol–water partition coefficient (Wildman–Crippen LogP) is 0.747. The Hall–Kier alpha value is -0.480. The van der Waals surface area contributed by atoms with Gasteiger partial charge in [-0.05, 0) is 0 Å². The number of amides is 2. The summed E-state index contributed by atoms with van der Waals surface area (Å²) in [4.78, 5) is 13.5. The zero-order valence-electron chi connectivity index (χ0n) is 6.19. The molecular weight excluding hydrogens is 189 g/mol. The first kappa shape index (κ1) is 10.5. The van der Waals surface area contributed by atoms with Crippen LogP contribution >= 0.6 is 23.2 Å². The maximum Gasteiger partial charge on any atom is 0.319 e. The molecule has 0 rings (SSSR count). The zero-order valence-corrected chi connectivity index (χ0v) is 7.70. The van der Waals surface area contributed by atoms with Crippen LogP contribution in [0.25, 0.3) is 0 Å². The number of halogens is 2. The molecule has 0 aromatic carbocycles. The SMILES string of the molecule is CN=C(NC(=O)NC)C(Cl)Cl. The number of hydrogen-bond acceptors (Lipinski definition) is 2. The molecule has 2 N–H and O–H groups in total. The lowest BCUT2D eigenvalue weighted by Crippen LogP contribution is -2.40. The van der Waals surface area contributed by atoms with E-state index in [0.29, 0.717) is 0 Å². The van der Waals surface area contributed by atoms with Crippen molar-refractivity contribution in [3.63, 3.8) is 0 Å². The summed E-state index contributed by atoms with van der Waals surface area (Å²) in [5.41, 5.74) is 0. The van der Waals surface area contributed by atoms with Crippen molar-refractivity contribution < 1.29 is 4.79 Å². The van der Waals surface area contributed by atoms with Crippen LogP contribution < -0.4 is 10.6 Å². The molecule has 2 amide bonds. The summed E-state index contributed by atoms with van der Waals surface area (Å²) in [6, 6.07) is -0.392. The van der Waals surface area contributed by atoms with E-state index in [0.717, 1.165) is 0 Å². The third kappa shape index (κ3) is 4.06. The average molecular weight is 198 g/mol. The summed E-state index contributed by atoms with van der Waals surface area (Å²) >= 11 is 10.9. The Labute approximate surface area is 75.0 Å². The fourth-order valence-corrected chi connectivity index (χ4v) is 0.691. The average Bonchev–Trinajstić information content (AvgIpc) is 1.99. The predicted molar refractivity (Wildman–Crippen MR) is 46.4 cm³/mol. The fraction of sp³-hybridized carbons (Fsp3) is 0.600. The first-order chi connectivity index (χ1) is 5.11. The van der Waals surface area contributed by atoms with E-state index in [4.69, 9.17) is 23.2 Å². The Morgan fingerprint density at radius 2 is 2.09 bits per heavy atom. The molecule has 0 aromatic rings. The fourth-order valence-electron chi connectivity index (χ4n) is 0.387. The molecule has 0 saturated heterocycles. The zero-order chi connectivity index (χ0) is 8.85. The molecule has 0 radical (unpaired) electrons. The molecule has 0 fully saturated rings. The molecule has 11 heavy (non-hydrogen) atoms. The molecule has 0 aliphatic carbocycles. The lowest BCUT2D eigenvalue weighted by Gasteiger charge is -2.06. The molecule has 0 heterocycles. The molecule has 0 atom stereocenters. The Morgan fingerprint density at radius 1 is 1.55 bits per heavy atom. The third-order valence-electron chi connectivity index (χ3n) is 0.916. The van der Waals surface area contributed by atoms with Crippen LogP contribution in [0.15, 0.2) is 4.99 Å². The van der Waals surface area contributed by atoms with Crippen LogP contribution in [0.1, 0.15) is 0 Å². The van der Waals surface area contributed by atoms with Crippen molar-refractivity contribution in [1.82, 2.24) is 10.6 Å². The van der Waals surface area contributed by atoms with Crippen LogP contribution in [0, 0.1) is 0 Å². The standard InChI is InChI=1S/C5H9Cl2N3O/c1-8-4(3(6)7)10-5(11)9-2/h3H,1-2H3,(H2,8,9,10,11). The Balaban J connectivity index is 4.00. The second-order valence-electron chi connectivity index (χ2n) is 1.61. The number of carbonyl (C=O) groups is 1. The molecule has 4 nitrogen and oxygen atoms in total. The second kappa shape index (κ2) is 5.21. The number of nitrogens with one attached hydrogen (secondary N) is 2. The van der Waals surface area contributed by atoms with E-state index in [1.807, 2.05) is 0 Å². The quantitative estimate of drug-likeness (QED) is 0.364. The Bertz CT molecular complexity index is 169. The van der Waals surface area contributed by atoms with Gasteiger partial charge >= 0.3 is 6.03 Å². The van der Waals surface area contributed by atoms with Crippen molar-refractivity contribution in [3.05, 3.63) is 0 Å². The van der Waals surface area contributed by atoms with Gasteiger partial charge in [0, 0.05) is 14.1 Å². The summed E-state index contributed by atoms with van der Waals surface area (Å²) in [5, 5.41) is 4.69. The van der Waals surface area contributed by atoms with E-state index >= 15 is 0 Å². The van der Waals surface area contributed by atoms with Crippen LogP contribution in [0.3, 0.4) is 0 Å². The molecule has 0 saturated carbocycles. The maximum absolute atomic E-state index is 10.7. The molecule has 64 valence electrons. The van der Waals surface area contributed by atoms with Crippen LogP contribution in [0.2, 0.25) is 0 Å². The highest BCUT2D eigenvalue weighted by Crippen LogP contribution is 2.01. The van der Waals surface area contributed by atoms with E-state index in [1.165, 1.54) is 14.1 Å². The number of carbonyl (C=O) groups excluding carboxylic acids is 1. The Kier molecular flexibility index (Phi) is 4.98. The monoisotopic (exact) mass is 197 g/mol. The molecule has 0 unspecified atom stereocenters. The molecular formula is C5H9Cl2N3O. The van der Waals surface area contributed by atoms with E-state index in [2.05, 4.69) is 15.6 Å². The summed E-state index contributed by atoms with van der Waals surface area (Å²) < 4.78 is 0. The van der Waals surface area contributed by atoms with Crippen molar-refractivity contribution >= 4 is 35.1 Å². The summed E-state index contributed by atoms with van der Waals surface area (Å²) in [6.07, 6.45) is 0. The van der Waals surface area contributed by atoms with Crippen molar-refractivity contribution in [2.45, 2.75) is 4.84 Å². The van der Waals surface area contributed by atoms with Crippen LogP contribution in [-0.2, 0) is 0 Å². The largest absolute Gasteiger partial charge is 0.341 e. The molecule has 0 aliphatic rings. The molecule has 0 spiro atoms. The highest BCUT2D eigenvalue weighted by atomic mass is 35.5. The van der Waals surface area contributed by atoms with Crippen LogP contribution in [-0.4, -0.2) is 30.8 Å². The van der Waals surface area contributed by atoms with Crippen molar-refractivity contribution in [2.24, 2.45) is 4.99 Å². The number of nitrogens with zero attached hydrogens (tertiary/aromatic N) is 1. The van der Waals surface area contributed by atoms with Gasteiger partial charge in [0.25, 0.3) is 0 Å². The minimum Gasteiger partial charge on any atom is -0.341 e. The number of alkyl halides is 2. The second-order valence-corrected chi connectivity index (χ2v) is 2.71. The van der Waals surface area contributed by atoms with Gasteiger partial charge in [-0.1, -0.05) is 23.2 Å². The minimum atomic E-state index is -0.808. The highest BCUT2D eigenvalue weighted by molar-refractivity contribution is 6.54. The van der Waals surface area contributed by atoms with Crippen LogP contribution in [0.5, 0.6) is 0 Å². The maximum atomic E-state index is 10.7. The van der Waals surface area contributed by atoms with Gasteiger partial charge < -0.3 is 5.32 Å². The molecule has 0 aromatic heterocycles. The molecule has 0 aliphatic heterocycles. The Morgan fingerprint density at radius 3 is 2.36 bits per heavy atom. The van der Waals surface area contributed by atoms with E-state index in [-0.39, 0.29) is 5.84 Å². The normalized spacial score (nSPS) is 11.5. The number of urea groups is 1. The van der Waals surface area contributed by atoms with Crippen molar-refractivity contribution in [1.29, 1.82) is 0 Å². The summed E-state index contributed by atoms with van der Waals surface area (Å²) in [5.74, 6) is 0.229. The van der Waals surface area contributed by atoms with Gasteiger partial charge in [0.15, 0.2) is 4.84 Å². The van der Waals surface area contributed by atoms with E-state index in [1.54, 1.807) is 0 Å². The first-order valence-corrected chi connectivity index (χ1v) is 3.72. The van der Waals surface area contributed by atoms with Gasteiger partial charge in [-0.25, -0.2) is 4.79 Å². The van der Waals surface area contributed by atoms with Gasteiger partial charge in [-0.3, -0.25) is 10.3 Å². The van der Waals surface area contributed by atoms with E-state index in [9.17, 15) is 4.79 Å².